The summed E-state index contributed by atoms with van der Waals surface area (Å²) in [6.45, 7) is 0. The first-order valence-electron chi connectivity index (χ1n) is 14.3. The number of fused-ring (bicyclic) bond motifs is 8. The Kier molecular flexibility index (Phi) is 5.13. The van der Waals surface area contributed by atoms with Crippen LogP contribution >= 0.6 is 0 Å². The highest BCUT2D eigenvalue weighted by atomic mass is 15.1. The highest BCUT2D eigenvalue weighted by molar-refractivity contribution is 6.16. The average molecular weight is 550 g/mol. The van der Waals surface area contributed by atoms with Crippen LogP contribution in [0.1, 0.15) is 0 Å². The van der Waals surface area contributed by atoms with Crippen LogP contribution in [0, 0.1) is 0 Å². The lowest BCUT2D eigenvalue weighted by atomic mass is 9.94. The summed E-state index contributed by atoms with van der Waals surface area (Å²) >= 11 is 0. The predicted molar refractivity (Wildman–Crippen MR) is 173 cm³/mol. The smallest absolute Gasteiger partial charge is 0.182 e. The van der Waals surface area contributed by atoms with E-state index in [2.05, 4.69) is 77.4 Å². The molecule has 0 bridgehead atoms. The zero-order valence-electron chi connectivity index (χ0n) is 23.0. The summed E-state index contributed by atoms with van der Waals surface area (Å²) in [5.74, 6) is 2.63. The molecule has 5 nitrogen and oxygen atoms in total. The van der Waals surface area contributed by atoms with Crippen molar-refractivity contribution in [3.63, 3.8) is 0 Å². The lowest BCUT2D eigenvalue weighted by Crippen LogP contribution is -2.04. The second-order valence-electron chi connectivity index (χ2n) is 10.7. The van der Waals surface area contributed by atoms with Crippen molar-refractivity contribution in [3.8, 4) is 62.4 Å². The minimum absolute atomic E-state index is 0.536. The van der Waals surface area contributed by atoms with Gasteiger partial charge in [-0.1, -0.05) is 121 Å². The Morgan fingerprint density at radius 3 is 1.65 bits per heavy atom. The standard InChI is InChI=1S/C38H23N5/c1-3-12-24(13-4-1)35-40-36(25-14-5-2-6-15-25)42-37(41-35)32-23-22-31-27-17-8-7-16-26(27)29-19-11-20-30-28-18-9-10-21-33(28)43(34(29)30)38(31)39-32/h1-23H. The Hall–Kier alpha value is -5.94. The fourth-order valence-electron chi connectivity index (χ4n) is 6.29. The molecule has 8 aromatic rings. The van der Waals surface area contributed by atoms with Gasteiger partial charge in [0.2, 0.25) is 0 Å². The number of rotatable bonds is 3. The fourth-order valence-corrected chi connectivity index (χ4v) is 6.29. The largest absolute Gasteiger partial charge is 0.293 e. The molecular formula is C38H23N5. The van der Waals surface area contributed by atoms with E-state index in [0.717, 1.165) is 39.1 Å². The first kappa shape index (κ1) is 23.7. The topological polar surface area (TPSA) is 56.5 Å². The van der Waals surface area contributed by atoms with E-state index in [1.54, 1.807) is 0 Å². The van der Waals surface area contributed by atoms with E-state index in [9.17, 15) is 0 Å². The molecule has 0 radical (unpaired) electrons. The van der Waals surface area contributed by atoms with Gasteiger partial charge in [-0.25, -0.2) is 19.9 Å². The first-order valence-corrected chi connectivity index (χ1v) is 14.3. The normalized spacial score (nSPS) is 11.7. The van der Waals surface area contributed by atoms with Gasteiger partial charge < -0.3 is 0 Å². The zero-order chi connectivity index (χ0) is 28.3. The Labute approximate surface area is 247 Å². The molecule has 5 heteroatoms. The molecule has 0 spiro atoms. The lowest BCUT2D eigenvalue weighted by molar-refractivity contribution is 1.04. The molecule has 4 heterocycles. The number of nitrogens with zero attached hydrogens (tertiary/aromatic N) is 5. The lowest BCUT2D eigenvalue weighted by Gasteiger charge is -2.14. The number of benzene rings is 5. The fraction of sp³-hybridized carbons (Fsp3) is 0. The quantitative estimate of drug-likeness (QED) is 0.221. The second kappa shape index (κ2) is 9.29. The van der Waals surface area contributed by atoms with Gasteiger partial charge >= 0.3 is 0 Å². The Morgan fingerprint density at radius 1 is 0.372 bits per heavy atom. The van der Waals surface area contributed by atoms with Crippen LogP contribution in [0.3, 0.4) is 0 Å². The highest BCUT2D eigenvalue weighted by Crippen LogP contribution is 2.46. The van der Waals surface area contributed by atoms with Crippen molar-refractivity contribution >= 4 is 21.8 Å². The van der Waals surface area contributed by atoms with Gasteiger partial charge in [-0.2, -0.15) is 0 Å². The summed E-state index contributed by atoms with van der Waals surface area (Å²) in [4.78, 5) is 20.2. The van der Waals surface area contributed by atoms with Crippen molar-refractivity contribution < 1.29 is 0 Å². The van der Waals surface area contributed by atoms with Gasteiger partial charge in [-0.3, -0.25) is 4.57 Å². The van der Waals surface area contributed by atoms with Crippen LogP contribution in [0.5, 0.6) is 0 Å². The monoisotopic (exact) mass is 549 g/mol. The minimum Gasteiger partial charge on any atom is -0.293 e. The summed E-state index contributed by atoms with van der Waals surface area (Å²) in [6, 6.07) is 48.0. The zero-order valence-corrected chi connectivity index (χ0v) is 23.0. The molecule has 9 rings (SSSR count). The average Bonchev–Trinajstić information content (AvgIpc) is 3.37. The van der Waals surface area contributed by atoms with Crippen molar-refractivity contribution in [2.75, 3.05) is 0 Å². The van der Waals surface area contributed by atoms with Gasteiger partial charge in [-0.05, 0) is 29.3 Å². The molecule has 200 valence electrons. The molecule has 1 aliphatic heterocycles. The van der Waals surface area contributed by atoms with Crippen molar-refractivity contribution in [1.29, 1.82) is 0 Å². The van der Waals surface area contributed by atoms with Crippen LogP contribution in [0.2, 0.25) is 0 Å². The summed E-state index contributed by atoms with van der Waals surface area (Å²) in [7, 11) is 0. The molecule has 3 aromatic heterocycles. The maximum Gasteiger partial charge on any atom is 0.182 e. The van der Waals surface area contributed by atoms with Gasteiger partial charge in [0.25, 0.3) is 0 Å². The van der Waals surface area contributed by atoms with E-state index in [1.165, 1.54) is 21.9 Å². The van der Waals surface area contributed by atoms with Crippen LogP contribution in [0.15, 0.2) is 140 Å². The number of pyridine rings is 1. The van der Waals surface area contributed by atoms with E-state index in [4.69, 9.17) is 19.9 Å². The van der Waals surface area contributed by atoms with Crippen molar-refractivity contribution in [2.45, 2.75) is 0 Å². The SMILES string of the molecule is c1ccc(-c2nc(-c3ccccc3)nc(-c3ccc4c(n3)-n3c5ccccc5c5cccc(c53)-c3ccccc3-4)n2)cc1. The first-order chi connectivity index (χ1) is 21.3. The van der Waals surface area contributed by atoms with Crippen LogP contribution in [0.25, 0.3) is 84.2 Å². The van der Waals surface area contributed by atoms with E-state index >= 15 is 0 Å². The van der Waals surface area contributed by atoms with Gasteiger partial charge in [0, 0.05) is 33.0 Å². The summed E-state index contributed by atoms with van der Waals surface area (Å²) < 4.78 is 2.32. The Bertz CT molecular complexity index is 2280. The van der Waals surface area contributed by atoms with E-state index in [0.29, 0.717) is 23.2 Å². The summed E-state index contributed by atoms with van der Waals surface area (Å²) in [5.41, 5.74) is 9.45. The maximum atomic E-state index is 5.37. The van der Waals surface area contributed by atoms with Crippen molar-refractivity contribution in [3.05, 3.63) is 140 Å². The Morgan fingerprint density at radius 2 is 0.930 bits per heavy atom. The Balaban J connectivity index is 1.35. The molecule has 1 aliphatic rings. The molecule has 0 unspecified atom stereocenters. The molecule has 0 fully saturated rings. The molecule has 5 aromatic carbocycles. The third-order valence-corrected chi connectivity index (χ3v) is 8.22. The molecule has 0 aliphatic carbocycles. The molecular weight excluding hydrogens is 526 g/mol. The van der Waals surface area contributed by atoms with Crippen LogP contribution < -0.4 is 0 Å². The minimum atomic E-state index is 0.536. The predicted octanol–water partition coefficient (Wildman–Crippen LogP) is 9.01. The highest BCUT2D eigenvalue weighted by Gasteiger charge is 2.26. The molecule has 0 N–H and O–H groups in total. The molecule has 0 saturated carbocycles. The van der Waals surface area contributed by atoms with E-state index in [1.807, 2.05) is 66.7 Å². The number of aromatic nitrogens is 5. The summed E-state index contributed by atoms with van der Waals surface area (Å²) in [5, 5.41) is 2.41. The summed E-state index contributed by atoms with van der Waals surface area (Å²) in [6.07, 6.45) is 0. The van der Waals surface area contributed by atoms with Gasteiger partial charge in [0.1, 0.15) is 11.5 Å². The maximum absolute atomic E-state index is 5.37. The molecule has 43 heavy (non-hydrogen) atoms. The molecule has 0 atom stereocenters. The van der Waals surface area contributed by atoms with Gasteiger partial charge in [0.05, 0.1) is 11.0 Å². The molecule has 0 saturated heterocycles. The third kappa shape index (κ3) is 3.65. The number of hydrogen-bond acceptors (Lipinski definition) is 4. The van der Waals surface area contributed by atoms with Gasteiger partial charge in [-0.15, -0.1) is 0 Å². The van der Waals surface area contributed by atoms with Crippen molar-refractivity contribution in [2.24, 2.45) is 0 Å². The van der Waals surface area contributed by atoms with Crippen LogP contribution in [-0.4, -0.2) is 24.5 Å². The van der Waals surface area contributed by atoms with Gasteiger partial charge in [0.15, 0.2) is 17.5 Å². The van der Waals surface area contributed by atoms with Crippen LogP contribution in [-0.2, 0) is 0 Å². The second-order valence-corrected chi connectivity index (χ2v) is 10.7. The number of hydrogen-bond donors (Lipinski definition) is 0. The van der Waals surface area contributed by atoms with E-state index in [-0.39, 0.29) is 0 Å². The van der Waals surface area contributed by atoms with E-state index < -0.39 is 0 Å². The third-order valence-electron chi connectivity index (χ3n) is 8.22. The molecule has 0 amide bonds. The number of para-hydroxylation sites is 2. The van der Waals surface area contributed by atoms with Crippen LogP contribution in [0.4, 0.5) is 0 Å². The van der Waals surface area contributed by atoms with Crippen molar-refractivity contribution in [1.82, 2.24) is 24.5 Å².